The monoisotopic (exact) mass is 357 g/mol. The molecule has 7 heteroatoms. The third kappa shape index (κ3) is 3.94. The van der Waals surface area contributed by atoms with Crippen molar-refractivity contribution in [3.05, 3.63) is 94.0 Å². The molecule has 1 amide bonds. The lowest BCUT2D eigenvalue weighted by Crippen LogP contribution is -2.16. The van der Waals surface area contributed by atoms with Crippen LogP contribution < -0.4 is 15.5 Å². The van der Waals surface area contributed by atoms with E-state index in [9.17, 15) is 18.4 Å². The molecule has 5 nitrogen and oxygen atoms in total. The molecular weight excluding hydrogens is 344 g/mol. The molecule has 0 radical (unpaired) electrons. The minimum Gasteiger partial charge on any atom is -0.482 e. The van der Waals surface area contributed by atoms with E-state index in [1.54, 1.807) is 12.1 Å². The Morgan fingerprint density at radius 1 is 1.04 bits per heavy atom. The highest BCUT2D eigenvalue weighted by molar-refractivity contribution is 6.02. The molecule has 0 saturated heterocycles. The van der Waals surface area contributed by atoms with E-state index in [1.165, 1.54) is 36.4 Å². The summed E-state index contributed by atoms with van der Waals surface area (Å²) in [5, 5.41) is 2.30. The molecule has 3 rings (SSSR count). The van der Waals surface area contributed by atoms with Crippen LogP contribution in [0.3, 0.4) is 0 Å². The fraction of sp³-hybridized carbons (Fsp3) is 0.0526. The van der Waals surface area contributed by atoms with Gasteiger partial charge in [-0.25, -0.2) is 8.78 Å². The molecule has 0 fully saturated rings. The molecule has 0 saturated carbocycles. The summed E-state index contributed by atoms with van der Waals surface area (Å²) >= 11 is 0. The maximum atomic E-state index is 13.5. The molecule has 0 atom stereocenters. The van der Waals surface area contributed by atoms with Gasteiger partial charge in [-0.2, -0.15) is 0 Å². The summed E-state index contributed by atoms with van der Waals surface area (Å²) in [5.41, 5.74) is -0.389. The van der Waals surface area contributed by atoms with Crippen molar-refractivity contribution in [2.75, 3.05) is 5.32 Å². The van der Waals surface area contributed by atoms with Gasteiger partial charge in [0.05, 0.1) is 5.69 Å². The smallest absolute Gasteiger partial charge is 0.291 e. The molecule has 0 unspecified atom stereocenters. The third-order valence-electron chi connectivity index (χ3n) is 3.48. The fourth-order valence-corrected chi connectivity index (χ4v) is 2.14. The molecule has 0 spiro atoms. The zero-order chi connectivity index (χ0) is 18.5. The normalized spacial score (nSPS) is 10.4. The first-order valence-electron chi connectivity index (χ1n) is 7.59. The Balaban J connectivity index is 1.71. The number of ether oxygens (including phenoxy) is 1. The van der Waals surface area contributed by atoms with E-state index in [-0.39, 0.29) is 29.4 Å². The van der Waals surface area contributed by atoms with Crippen LogP contribution >= 0.6 is 0 Å². The average Bonchev–Trinajstić information content (AvgIpc) is 2.63. The van der Waals surface area contributed by atoms with Gasteiger partial charge in [0.1, 0.15) is 24.5 Å². The first-order valence-corrected chi connectivity index (χ1v) is 7.59. The summed E-state index contributed by atoms with van der Waals surface area (Å²) in [6.07, 6.45) is 0.958. The first kappa shape index (κ1) is 17.3. The number of nitrogens with one attached hydrogen (secondary N) is 1. The largest absolute Gasteiger partial charge is 0.482 e. The Morgan fingerprint density at radius 2 is 1.73 bits per heavy atom. The molecule has 0 aliphatic carbocycles. The minimum atomic E-state index is -0.784. The molecule has 1 N–H and O–H groups in total. The van der Waals surface area contributed by atoms with Crippen molar-refractivity contribution in [2.45, 2.75) is 6.61 Å². The summed E-state index contributed by atoms with van der Waals surface area (Å²) < 4.78 is 37.4. The second kappa shape index (κ2) is 7.60. The van der Waals surface area contributed by atoms with E-state index in [2.05, 4.69) is 5.32 Å². The van der Waals surface area contributed by atoms with Crippen molar-refractivity contribution in [1.29, 1.82) is 0 Å². The molecule has 0 aliphatic rings. The van der Waals surface area contributed by atoms with Crippen molar-refractivity contribution >= 4 is 11.6 Å². The van der Waals surface area contributed by atoms with Crippen LogP contribution in [-0.4, -0.2) is 5.91 Å². The summed E-state index contributed by atoms with van der Waals surface area (Å²) in [7, 11) is 0. The Bertz CT molecular complexity index is 1000. The molecule has 1 heterocycles. The predicted octanol–water partition coefficient (Wildman–Crippen LogP) is 3.75. The number of rotatable bonds is 5. The van der Waals surface area contributed by atoms with Crippen molar-refractivity contribution in [3.8, 4) is 5.75 Å². The second-order valence-electron chi connectivity index (χ2n) is 5.29. The minimum absolute atomic E-state index is 0.0416. The number of amides is 1. The second-order valence-corrected chi connectivity index (χ2v) is 5.29. The van der Waals surface area contributed by atoms with Gasteiger partial charge in [0, 0.05) is 11.6 Å². The number of hydrogen-bond donors (Lipinski definition) is 1. The maximum absolute atomic E-state index is 13.5. The molecular formula is C19H13F2NO4. The van der Waals surface area contributed by atoms with E-state index < -0.39 is 23.0 Å². The van der Waals surface area contributed by atoms with Gasteiger partial charge < -0.3 is 14.5 Å². The molecule has 1 aromatic heterocycles. The topological polar surface area (TPSA) is 68.5 Å². The number of benzene rings is 2. The maximum Gasteiger partial charge on any atom is 0.291 e. The van der Waals surface area contributed by atoms with Gasteiger partial charge in [-0.1, -0.05) is 30.3 Å². The number of halogens is 2. The van der Waals surface area contributed by atoms with Crippen LogP contribution in [0.1, 0.15) is 16.1 Å². The van der Waals surface area contributed by atoms with Gasteiger partial charge in [-0.15, -0.1) is 0 Å². The lowest BCUT2D eigenvalue weighted by Gasteiger charge is -2.08. The van der Waals surface area contributed by atoms with Gasteiger partial charge in [-0.3, -0.25) is 9.59 Å². The molecule has 0 bridgehead atoms. The highest BCUT2D eigenvalue weighted by Gasteiger charge is 2.14. The summed E-state index contributed by atoms with van der Waals surface area (Å²) in [4.78, 5) is 24.1. The molecule has 132 valence electrons. The van der Waals surface area contributed by atoms with Gasteiger partial charge in [-0.05, 0) is 18.2 Å². The van der Waals surface area contributed by atoms with Crippen molar-refractivity contribution in [3.63, 3.8) is 0 Å². The van der Waals surface area contributed by atoms with E-state index in [4.69, 9.17) is 9.15 Å². The average molecular weight is 357 g/mol. The SMILES string of the molecule is O=C(Nc1ccccc1F)c1cc(=O)c(OCc2ccccc2F)co1. The molecule has 0 aliphatic heterocycles. The lowest BCUT2D eigenvalue weighted by molar-refractivity contribution is 0.0993. The van der Waals surface area contributed by atoms with Crippen molar-refractivity contribution < 1.29 is 22.7 Å². The number of anilines is 1. The predicted molar refractivity (Wildman–Crippen MR) is 90.1 cm³/mol. The van der Waals surface area contributed by atoms with Gasteiger partial charge in [0.2, 0.25) is 11.2 Å². The Labute approximate surface area is 146 Å². The van der Waals surface area contributed by atoms with Crippen LogP contribution in [0.5, 0.6) is 5.75 Å². The highest BCUT2D eigenvalue weighted by atomic mass is 19.1. The number of hydrogen-bond acceptors (Lipinski definition) is 4. The van der Waals surface area contributed by atoms with Gasteiger partial charge in [0.15, 0.2) is 5.76 Å². The van der Waals surface area contributed by atoms with Gasteiger partial charge in [0.25, 0.3) is 5.91 Å². The molecule has 26 heavy (non-hydrogen) atoms. The Morgan fingerprint density at radius 3 is 2.42 bits per heavy atom. The van der Waals surface area contributed by atoms with E-state index in [0.717, 1.165) is 12.3 Å². The molecule has 3 aromatic rings. The first-order chi connectivity index (χ1) is 12.5. The van der Waals surface area contributed by atoms with Crippen LogP contribution in [0, 0.1) is 11.6 Å². The third-order valence-corrected chi connectivity index (χ3v) is 3.48. The Hall–Kier alpha value is -3.48. The van der Waals surface area contributed by atoms with E-state index in [1.807, 2.05) is 0 Å². The van der Waals surface area contributed by atoms with Crippen molar-refractivity contribution in [2.24, 2.45) is 0 Å². The Kier molecular flexibility index (Phi) is 5.07. The number of carbonyl (C=O) groups excluding carboxylic acids is 1. The van der Waals surface area contributed by atoms with Crippen LogP contribution in [0.4, 0.5) is 14.5 Å². The van der Waals surface area contributed by atoms with Crippen LogP contribution in [-0.2, 0) is 6.61 Å². The molecule has 2 aromatic carbocycles. The fourth-order valence-electron chi connectivity index (χ4n) is 2.14. The highest BCUT2D eigenvalue weighted by Crippen LogP contribution is 2.15. The van der Waals surface area contributed by atoms with Crippen molar-refractivity contribution in [1.82, 2.24) is 0 Å². The van der Waals surface area contributed by atoms with Crippen LogP contribution in [0.2, 0.25) is 0 Å². The zero-order valence-corrected chi connectivity index (χ0v) is 13.4. The standard InChI is InChI=1S/C19H13F2NO4/c20-13-6-2-1-5-12(13)10-25-18-11-26-17(9-16(18)23)19(24)22-15-8-4-3-7-14(15)21/h1-9,11H,10H2,(H,22,24). The van der Waals surface area contributed by atoms with Crippen LogP contribution in [0.25, 0.3) is 0 Å². The zero-order valence-electron chi connectivity index (χ0n) is 13.4. The van der Waals surface area contributed by atoms with E-state index >= 15 is 0 Å². The number of para-hydroxylation sites is 1. The summed E-state index contributed by atoms with van der Waals surface area (Å²) in [6.45, 7) is -0.168. The van der Waals surface area contributed by atoms with Crippen LogP contribution in [0.15, 0.2) is 70.1 Å². The lowest BCUT2D eigenvalue weighted by atomic mass is 10.2. The van der Waals surface area contributed by atoms with Gasteiger partial charge >= 0.3 is 0 Å². The van der Waals surface area contributed by atoms with E-state index in [0.29, 0.717) is 0 Å². The summed E-state index contributed by atoms with van der Waals surface area (Å²) in [6, 6.07) is 12.5. The summed E-state index contributed by atoms with van der Waals surface area (Å²) in [5.74, 6) is -2.34. The number of carbonyl (C=O) groups is 1. The quantitative estimate of drug-likeness (QED) is 0.755.